The van der Waals surface area contributed by atoms with Crippen LogP contribution in [0.25, 0.3) is 5.52 Å². The van der Waals surface area contributed by atoms with Gasteiger partial charge in [-0.25, -0.2) is 8.78 Å². The lowest BCUT2D eigenvalue weighted by molar-refractivity contribution is -0.111. The van der Waals surface area contributed by atoms with Crippen LogP contribution in [0, 0.1) is 11.6 Å². The van der Waals surface area contributed by atoms with Crippen molar-refractivity contribution in [3.8, 4) is 5.75 Å². The highest BCUT2D eigenvalue weighted by molar-refractivity contribution is 5.94. The number of carbonyl (C=O) groups excluding carboxylic acids is 1. The molecule has 0 bridgehead atoms. The Morgan fingerprint density at radius 1 is 1.19 bits per heavy atom. The SMILES string of the molecule is COC(Cn1ccn2cc(C(=O)NCc3ccc(F)cc3F)c(=O)c(O)c2c1=O)OC. The van der Waals surface area contributed by atoms with E-state index in [0.29, 0.717) is 6.07 Å². The fourth-order valence-corrected chi connectivity index (χ4v) is 2.95. The minimum Gasteiger partial charge on any atom is -0.503 e. The number of benzene rings is 1. The molecule has 0 saturated heterocycles. The van der Waals surface area contributed by atoms with Crippen molar-refractivity contribution in [1.82, 2.24) is 14.3 Å². The van der Waals surface area contributed by atoms with Crippen molar-refractivity contribution in [3.63, 3.8) is 0 Å². The number of fused-ring (bicyclic) bond motifs is 1. The van der Waals surface area contributed by atoms with Crippen LogP contribution in [0.1, 0.15) is 15.9 Å². The number of nitrogens with one attached hydrogen (secondary N) is 1. The van der Waals surface area contributed by atoms with Gasteiger partial charge in [0.2, 0.25) is 5.43 Å². The molecule has 1 aromatic carbocycles. The van der Waals surface area contributed by atoms with E-state index in [4.69, 9.17) is 9.47 Å². The lowest BCUT2D eigenvalue weighted by atomic mass is 10.2. The molecule has 11 heteroatoms. The average molecular weight is 435 g/mol. The zero-order valence-electron chi connectivity index (χ0n) is 16.6. The number of halogens is 2. The summed E-state index contributed by atoms with van der Waals surface area (Å²) in [7, 11) is 2.79. The fourth-order valence-electron chi connectivity index (χ4n) is 2.95. The van der Waals surface area contributed by atoms with Gasteiger partial charge in [-0.3, -0.25) is 14.4 Å². The van der Waals surface area contributed by atoms with Crippen LogP contribution in [0.5, 0.6) is 5.75 Å². The first-order valence-electron chi connectivity index (χ1n) is 9.02. The molecule has 0 aliphatic rings. The van der Waals surface area contributed by atoms with E-state index in [2.05, 4.69) is 5.32 Å². The van der Waals surface area contributed by atoms with E-state index in [1.54, 1.807) is 0 Å². The van der Waals surface area contributed by atoms with Crippen molar-refractivity contribution >= 4 is 11.4 Å². The number of rotatable bonds is 7. The predicted octanol–water partition coefficient (Wildman–Crippen LogP) is 0.994. The molecular weight excluding hydrogens is 416 g/mol. The third-order valence-electron chi connectivity index (χ3n) is 4.65. The van der Waals surface area contributed by atoms with Crippen LogP contribution >= 0.6 is 0 Å². The largest absolute Gasteiger partial charge is 0.503 e. The Labute approximate surface area is 174 Å². The summed E-state index contributed by atoms with van der Waals surface area (Å²) in [5.41, 5.74) is -2.55. The Bertz CT molecular complexity index is 1250. The quantitative estimate of drug-likeness (QED) is 0.536. The third kappa shape index (κ3) is 4.47. The van der Waals surface area contributed by atoms with Crippen LogP contribution in [-0.2, 0) is 22.6 Å². The number of hydrogen-bond acceptors (Lipinski definition) is 6. The summed E-state index contributed by atoms with van der Waals surface area (Å²) in [6.45, 7) is -0.313. The van der Waals surface area contributed by atoms with Gasteiger partial charge in [-0.15, -0.1) is 0 Å². The molecule has 2 N–H and O–H groups in total. The molecule has 3 rings (SSSR count). The maximum Gasteiger partial charge on any atom is 0.279 e. The van der Waals surface area contributed by atoms with Crippen LogP contribution in [0.2, 0.25) is 0 Å². The van der Waals surface area contributed by atoms with Crippen molar-refractivity contribution < 1.29 is 28.2 Å². The first-order valence-corrected chi connectivity index (χ1v) is 9.02. The van der Waals surface area contributed by atoms with Crippen molar-refractivity contribution in [3.05, 3.63) is 80.1 Å². The van der Waals surface area contributed by atoms with Crippen molar-refractivity contribution in [2.45, 2.75) is 19.4 Å². The maximum atomic E-state index is 13.7. The second-order valence-electron chi connectivity index (χ2n) is 6.55. The molecule has 0 spiro atoms. The average Bonchev–Trinajstić information content (AvgIpc) is 2.74. The summed E-state index contributed by atoms with van der Waals surface area (Å²) < 4.78 is 39.1. The van der Waals surface area contributed by atoms with Gasteiger partial charge in [0, 0.05) is 51.0 Å². The molecule has 0 aliphatic carbocycles. The van der Waals surface area contributed by atoms with Gasteiger partial charge in [-0.1, -0.05) is 6.07 Å². The standard InChI is InChI=1S/C20H19F2N3O6/c1-30-15(31-2)10-25-6-5-24-9-13(17(26)18(27)16(24)20(25)29)19(28)23-8-11-3-4-12(21)7-14(11)22/h3-7,9,15,27H,8,10H2,1-2H3,(H,23,28). The van der Waals surface area contributed by atoms with E-state index in [9.17, 15) is 28.3 Å². The molecule has 0 unspecified atom stereocenters. The molecular formula is C20H19F2N3O6. The molecule has 2 aromatic heterocycles. The number of aromatic hydroxyl groups is 1. The number of aromatic nitrogens is 2. The Morgan fingerprint density at radius 2 is 1.90 bits per heavy atom. The summed E-state index contributed by atoms with van der Waals surface area (Å²) >= 11 is 0. The summed E-state index contributed by atoms with van der Waals surface area (Å²) in [5, 5.41) is 12.6. The van der Waals surface area contributed by atoms with Gasteiger partial charge in [-0.05, 0) is 6.07 Å². The lowest BCUT2D eigenvalue weighted by Gasteiger charge is -2.16. The van der Waals surface area contributed by atoms with Crippen LogP contribution in [0.15, 0.2) is 46.4 Å². The zero-order chi connectivity index (χ0) is 22.7. The van der Waals surface area contributed by atoms with E-state index in [0.717, 1.165) is 22.7 Å². The van der Waals surface area contributed by atoms with Gasteiger partial charge in [0.15, 0.2) is 17.6 Å². The van der Waals surface area contributed by atoms with E-state index in [1.807, 2.05) is 0 Å². The second kappa shape index (κ2) is 9.06. The number of carbonyl (C=O) groups is 1. The number of nitrogens with zero attached hydrogens (tertiary/aromatic N) is 2. The molecule has 2 heterocycles. The molecule has 0 atom stereocenters. The lowest BCUT2D eigenvalue weighted by Crippen LogP contribution is -2.32. The van der Waals surface area contributed by atoms with Crippen LogP contribution < -0.4 is 16.3 Å². The van der Waals surface area contributed by atoms with Gasteiger partial charge in [0.25, 0.3) is 11.5 Å². The van der Waals surface area contributed by atoms with Gasteiger partial charge in [0.05, 0.1) is 6.54 Å². The number of methoxy groups -OCH3 is 2. The number of hydrogen-bond donors (Lipinski definition) is 2. The minimum atomic E-state index is -1.07. The highest BCUT2D eigenvalue weighted by Gasteiger charge is 2.20. The normalized spacial score (nSPS) is 11.3. The summed E-state index contributed by atoms with van der Waals surface area (Å²) in [4.78, 5) is 37.6. The van der Waals surface area contributed by atoms with Crippen LogP contribution in [0.4, 0.5) is 8.78 Å². The zero-order valence-corrected chi connectivity index (χ0v) is 16.6. The van der Waals surface area contributed by atoms with Gasteiger partial charge in [0.1, 0.15) is 17.2 Å². The smallest absolute Gasteiger partial charge is 0.279 e. The number of amides is 1. The Morgan fingerprint density at radius 3 is 2.55 bits per heavy atom. The Hall–Kier alpha value is -3.57. The molecule has 3 aromatic rings. The maximum absolute atomic E-state index is 13.7. The van der Waals surface area contributed by atoms with Gasteiger partial charge in [-0.2, -0.15) is 0 Å². The third-order valence-corrected chi connectivity index (χ3v) is 4.65. The molecule has 0 fully saturated rings. The first-order chi connectivity index (χ1) is 14.8. The first kappa shape index (κ1) is 22.1. The molecule has 9 nitrogen and oxygen atoms in total. The van der Waals surface area contributed by atoms with Gasteiger partial charge < -0.3 is 28.9 Å². The van der Waals surface area contributed by atoms with Crippen LogP contribution in [0.3, 0.4) is 0 Å². The van der Waals surface area contributed by atoms with Crippen LogP contribution in [-0.4, -0.2) is 40.5 Å². The second-order valence-corrected chi connectivity index (χ2v) is 6.55. The van der Waals surface area contributed by atoms with E-state index in [1.165, 1.54) is 31.2 Å². The molecule has 1 amide bonds. The molecule has 164 valence electrons. The number of pyridine rings is 1. The molecule has 0 aliphatic heterocycles. The number of ether oxygens (including phenoxy) is 2. The highest BCUT2D eigenvalue weighted by atomic mass is 19.1. The Kier molecular flexibility index (Phi) is 6.47. The molecule has 0 saturated carbocycles. The van der Waals surface area contributed by atoms with E-state index < -0.39 is 46.1 Å². The van der Waals surface area contributed by atoms with Crippen molar-refractivity contribution in [1.29, 1.82) is 0 Å². The van der Waals surface area contributed by atoms with E-state index >= 15 is 0 Å². The Balaban J connectivity index is 1.93. The highest BCUT2D eigenvalue weighted by Crippen LogP contribution is 2.13. The van der Waals surface area contributed by atoms with Crippen molar-refractivity contribution in [2.24, 2.45) is 0 Å². The summed E-state index contributed by atoms with van der Waals surface area (Å²) in [6, 6.07) is 2.86. The minimum absolute atomic E-state index is 0.00142. The topological polar surface area (TPSA) is 111 Å². The molecule has 31 heavy (non-hydrogen) atoms. The van der Waals surface area contributed by atoms with Crippen molar-refractivity contribution in [2.75, 3.05) is 14.2 Å². The van der Waals surface area contributed by atoms with E-state index in [-0.39, 0.29) is 24.2 Å². The molecule has 0 radical (unpaired) electrons. The fraction of sp³-hybridized carbons (Fsp3) is 0.250. The monoisotopic (exact) mass is 435 g/mol. The van der Waals surface area contributed by atoms with Gasteiger partial charge >= 0.3 is 0 Å². The summed E-state index contributed by atoms with van der Waals surface area (Å²) in [5.74, 6) is -3.43. The summed E-state index contributed by atoms with van der Waals surface area (Å²) in [6.07, 6.45) is 3.10. The predicted molar refractivity (Wildman–Crippen MR) is 105 cm³/mol.